The molecule has 3 aromatic rings. The summed E-state index contributed by atoms with van der Waals surface area (Å²) >= 11 is 0. The van der Waals surface area contributed by atoms with Gasteiger partial charge in [0, 0.05) is 48.9 Å². The lowest BCUT2D eigenvalue weighted by Crippen LogP contribution is -2.38. The number of ketones is 1. The van der Waals surface area contributed by atoms with E-state index in [0.717, 1.165) is 42.8 Å². The van der Waals surface area contributed by atoms with Gasteiger partial charge in [-0.1, -0.05) is 30.3 Å². The number of aryl methyl sites for hydroxylation is 1. The SMILES string of the molecule is COc1ccc(C(=O)[C@@H]2CCCN(Cc3cn(C)nc3-c3ccccc3)C2)cc1F. The van der Waals surface area contributed by atoms with Gasteiger partial charge in [0.15, 0.2) is 17.3 Å². The minimum absolute atomic E-state index is 0.00396. The van der Waals surface area contributed by atoms with Crippen LogP contribution < -0.4 is 4.74 Å². The quantitative estimate of drug-likeness (QED) is 0.571. The van der Waals surface area contributed by atoms with Crippen LogP contribution in [0.5, 0.6) is 5.75 Å². The molecule has 0 amide bonds. The van der Waals surface area contributed by atoms with Crippen molar-refractivity contribution in [2.75, 3.05) is 20.2 Å². The summed E-state index contributed by atoms with van der Waals surface area (Å²) in [5.41, 5.74) is 3.62. The summed E-state index contributed by atoms with van der Waals surface area (Å²) in [6, 6.07) is 14.6. The molecule has 0 bridgehead atoms. The maximum absolute atomic E-state index is 14.1. The van der Waals surface area contributed by atoms with Crippen LogP contribution >= 0.6 is 0 Å². The molecular formula is C24H26FN3O2. The zero-order valence-electron chi connectivity index (χ0n) is 17.3. The van der Waals surface area contributed by atoms with Crippen molar-refractivity contribution in [2.24, 2.45) is 13.0 Å². The van der Waals surface area contributed by atoms with Gasteiger partial charge in [0.05, 0.1) is 12.8 Å². The second-order valence-electron chi connectivity index (χ2n) is 7.83. The molecule has 156 valence electrons. The molecule has 4 rings (SSSR count). The van der Waals surface area contributed by atoms with E-state index in [0.29, 0.717) is 12.1 Å². The molecule has 0 spiro atoms. The number of aromatic nitrogens is 2. The lowest BCUT2D eigenvalue weighted by Gasteiger charge is -2.32. The van der Waals surface area contributed by atoms with Crippen LogP contribution in [0.15, 0.2) is 54.7 Å². The summed E-state index contributed by atoms with van der Waals surface area (Å²) < 4.78 is 20.8. The van der Waals surface area contributed by atoms with Gasteiger partial charge in [0.25, 0.3) is 0 Å². The molecule has 1 fully saturated rings. The van der Waals surface area contributed by atoms with Crippen LogP contribution in [0.3, 0.4) is 0 Å². The van der Waals surface area contributed by atoms with Gasteiger partial charge in [-0.15, -0.1) is 0 Å². The highest BCUT2D eigenvalue weighted by molar-refractivity contribution is 5.98. The summed E-state index contributed by atoms with van der Waals surface area (Å²) in [5, 5.41) is 4.64. The second kappa shape index (κ2) is 8.79. The van der Waals surface area contributed by atoms with Gasteiger partial charge >= 0.3 is 0 Å². The molecule has 2 aromatic carbocycles. The molecule has 6 heteroatoms. The molecule has 1 saturated heterocycles. The number of methoxy groups -OCH3 is 1. The normalized spacial score (nSPS) is 17.1. The minimum atomic E-state index is -0.501. The predicted molar refractivity (Wildman–Crippen MR) is 114 cm³/mol. The van der Waals surface area contributed by atoms with Gasteiger partial charge in [-0.25, -0.2) is 4.39 Å². The number of hydrogen-bond donors (Lipinski definition) is 0. The Bertz CT molecular complexity index is 1030. The molecule has 2 heterocycles. The van der Waals surface area contributed by atoms with Crippen LogP contribution in [0.2, 0.25) is 0 Å². The molecule has 5 nitrogen and oxygen atoms in total. The van der Waals surface area contributed by atoms with Gasteiger partial charge in [-0.2, -0.15) is 5.10 Å². The Balaban J connectivity index is 1.49. The van der Waals surface area contributed by atoms with Gasteiger partial charge in [0.2, 0.25) is 0 Å². The molecule has 1 aliphatic rings. The summed E-state index contributed by atoms with van der Waals surface area (Å²) in [4.78, 5) is 15.3. The molecule has 0 radical (unpaired) electrons. The first-order valence-electron chi connectivity index (χ1n) is 10.2. The average molecular weight is 407 g/mol. The van der Waals surface area contributed by atoms with Crippen molar-refractivity contribution in [2.45, 2.75) is 19.4 Å². The van der Waals surface area contributed by atoms with Crippen molar-refractivity contribution in [1.29, 1.82) is 0 Å². The van der Waals surface area contributed by atoms with Gasteiger partial charge in [-0.3, -0.25) is 14.4 Å². The third kappa shape index (κ3) is 4.28. The monoisotopic (exact) mass is 407 g/mol. The number of hydrogen-bond acceptors (Lipinski definition) is 4. The Morgan fingerprint density at radius 1 is 1.23 bits per heavy atom. The Morgan fingerprint density at radius 2 is 2.03 bits per heavy atom. The van der Waals surface area contributed by atoms with Crippen LogP contribution in [0.4, 0.5) is 4.39 Å². The number of likely N-dealkylation sites (tertiary alicyclic amines) is 1. The Labute approximate surface area is 176 Å². The molecule has 1 atom stereocenters. The van der Waals surface area contributed by atoms with E-state index < -0.39 is 5.82 Å². The molecule has 30 heavy (non-hydrogen) atoms. The van der Waals surface area contributed by atoms with Gasteiger partial charge in [-0.05, 0) is 37.6 Å². The summed E-state index contributed by atoms with van der Waals surface area (Å²) in [6.07, 6.45) is 3.81. The zero-order chi connectivity index (χ0) is 21.1. The molecular weight excluding hydrogens is 381 g/mol. The van der Waals surface area contributed by atoms with Crippen molar-refractivity contribution < 1.29 is 13.9 Å². The lowest BCUT2D eigenvalue weighted by atomic mass is 9.89. The number of piperidine rings is 1. The predicted octanol–water partition coefficient (Wildman–Crippen LogP) is 4.33. The summed E-state index contributed by atoms with van der Waals surface area (Å²) in [7, 11) is 3.34. The number of ether oxygens (including phenoxy) is 1. The third-order valence-electron chi connectivity index (χ3n) is 5.66. The molecule has 0 unspecified atom stereocenters. The van der Waals surface area contributed by atoms with E-state index in [-0.39, 0.29) is 17.5 Å². The molecule has 1 aliphatic heterocycles. The fraction of sp³-hybridized carbons (Fsp3) is 0.333. The lowest BCUT2D eigenvalue weighted by molar-refractivity contribution is 0.0811. The van der Waals surface area contributed by atoms with E-state index >= 15 is 0 Å². The van der Waals surface area contributed by atoms with E-state index in [1.807, 2.05) is 36.1 Å². The number of benzene rings is 2. The maximum atomic E-state index is 14.1. The molecule has 0 saturated carbocycles. The van der Waals surface area contributed by atoms with Gasteiger partial charge in [0.1, 0.15) is 0 Å². The third-order valence-corrected chi connectivity index (χ3v) is 5.66. The van der Waals surface area contributed by atoms with Crippen LogP contribution in [-0.4, -0.2) is 40.7 Å². The van der Waals surface area contributed by atoms with Crippen molar-refractivity contribution >= 4 is 5.78 Å². The first-order chi connectivity index (χ1) is 14.5. The Hall–Kier alpha value is -2.99. The number of rotatable bonds is 6. The highest BCUT2D eigenvalue weighted by Gasteiger charge is 2.28. The topological polar surface area (TPSA) is 47.4 Å². The van der Waals surface area contributed by atoms with Crippen LogP contribution in [0.1, 0.15) is 28.8 Å². The highest BCUT2D eigenvalue weighted by Crippen LogP contribution is 2.27. The number of halogens is 1. The zero-order valence-corrected chi connectivity index (χ0v) is 17.3. The highest BCUT2D eigenvalue weighted by atomic mass is 19.1. The molecule has 0 N–H and O–H groups in total. The Morgan fingerprint density at radius 3 is 2.77 bits per heavy atom. The first kappa shape index (κ1) is 20.3. The largest absolute Gasteiger partial charge is 0.494 e. The maximum Gasteiger partial charge on any atom is 0.167 e. The first-order valence-corrected chi connectivity index (χ1v) is 10.2. The number of Topliss-reactive ketones (excluding diaryl/α,β-unsaturated/α-hetero) is 1. The number of carbonyl (C=O) groups excluding carboxylic acids is 1. The fourth-order valence-corrected chi connectivity index (χ4v) is 4.20. The summed E-state index contributed by atoms with van der Waals surface area (Å²) in [6.45, 7) is 2.33. The average Bonchev–Trinajstić information content (AvgIpc) is 3.14. The van der Waals surface area contributed by atoms with Crippen LogP contribution in [0, 0.1) is 11.7 Å². The molecule has 1 aromatic heterocycles. The van der Waals surface area contributed by atoms with Crippen LogP contribution in [0.25, 0.3) is 11.3 Å². The smallest absolute Gasteiger partial charge is 0.167 e. The van der Waals surface area contributed by atoms with E-state index in [1.165, 1.54) is 19.2 Å². The Kier molecular flexibility index (Phi) is 5.95. The minimum Gasteiger partial charge on any atom is -0.494 e. The van der Waals surface area contributed by atoms with Crippen molar-refractivity contribution in [3.05, 3.63) is 71.7 Å². The van der Waals surface area contributed by atoms with Crippen LogP contribution in [-0.2, 0) is 13.6 Å². The van der Waals surface area contributed by atoms with Crippen molar-refractivity contribution in [1.82, 2.24) is 14.7 Å². The van der Waals surface area contributed by atoms with E-state index in [9.17, 15) is 9.18 Å². The second-order valence-corrected chi connectivity index (χ2v) is 7.83. The van der Waals surface area contributed by atoms with E-state index in [2.05, 4.69) is 22.1 Å². The van der Waals surface area contributed by atoms with Crippen molar-refractivity contribution in [3.8, 4) is 17.0 Å². The van der Waals surface area contributed by atoms with E-state index in [1.54, 1.807) is 6.07 Å². The number of carbonyl (C=O) groups is 1. The standard InChI is InChI=1S/C24H26FN3O2/c1-27-14-20(23(26-27)17-7-4-3-5-8-17)16-28-12-6-9-19(15-28)24(29)18-10-11-22(30-2)21(25)13-18/h3-5,7-8,10-11,13-14,19H,6,9,12,15-16H2,1-2H3/t19-/m1/s1. The number of nitrogens with zero attached hydrogens (tertiary/aromatic N) is 3. The molecule has 0 aliphatic carbocycles. The van der Waals surface area contributed by atoms with Gasteiger partial charge < -0.3 is 4.74 Å². The summed E-state index contributed by atoms with van der Waals surface area (Å²) in [5.74, 6) is -0.486. The van der Waals surface area contributed by atoms with Crippen molar-refractivity contribution in [3.63, 3.8) is 0 Å². The fourth-order valence-electron chi connectivity index (χ4n) is 4.20. The van der Waals surface area contributed by atoms with E-state index in [4.69, 9.17) is 4.74 Å².